The molecule has 0 radical (unpaired) electrons. The fraction of sp³-hybridized carbons (Fsp3) is 0.421. The SMILES string of the molecule is COC(=O)c1cc2ccccc2c(CN2C[C@H](C)O[C@@H](C)C2)c1O. The van der Waals surface area contributed by atoms with Gasteiger partial charge in [-0.05, 0) is 30.7 Å². The second kappa shape index (κ2) is 6.79. The van der Waals surface area contributed by atoms with Gasteiger partial charge >= 0.3 is 5.97 Å². The summed E-state index contributed by atoms with van der Waals surface area (Å²) in [7, 11) is 1.32. The van der Waals surface area contributed by atoms with Crippen LogP contribution >= 0.6 is 0 Å². The normalized spacial score (nSPS) is 21.8. The molecule has 1 fully saturated rings. The van der Waals surface area contributed by atoms with Crippen molar-refractivity contribution in [2.24, 2.45) is 0 Å². The minimum Gasteiger partial charge on any atom is -0.507 e. The van der Waals surface area contributed by atoms with Crippen LogP contribution in [0.2, 0.25) is 0 Å². The van der Waals surface area contributed by atoms with E-state index in [1.807, 2.05) is 38.1 Å². The summed E-state index contributed by atoms with van der Waals surface area (Å²) in [6, 6.07) is 9.45. The molecule has 3 rings (SSSR count). The standard InChI is InChI=1S/C19H23NO4/c1-12-9-20(10-13(2)24-12)11-17-15-7-5-4-6-14(15)8-16(18(17)21)19(22)23-3/h4-8,12-13,21H,9-11H2,1-3H3/t12-,13-/m0/s1. The van der Waals surface area contributed by atoms with Crippen molar-refractivity contribution in [2.45, 2.75) is 32.6 Å². The Bertz CT molecular complexity index is 748. The molecule has 5 heteroatoms. The van der Waals surface area contributed by atoms with Crippen LogP contribution in [0.1, 0.15) is 29.8 Å². The molecule has 5 nitrogen and oxygen atoms in total. The quantitative estimate of drug-likeness (QED) is 0.878. The fourth-order valence-corrected chi connectivity index (χ4v) is 3.47. The van der Waals surface area contributed by atoms with Gasteiger partial charge in [-0.1, -0.05) is 24.3 Å². The van der Waals surface area contributed by atoms with E-state index in [4.69, 9.17) is 9.47 Å². The van der Waals surface area contributed by atoms with Crippen LogP contribution in [0.3, 0.4) is 0 Å². The molecule has 0 amide bonds. The monoisotopic (exact) mass is 329 g/mol. The lowest BCUT2D eigenvalue weighted by atomic mass is 9.98. The molecule has 1 aliphatic rings. The first-order valence-electron chi connectivity index (χ1n) is 8.19. The Morgan fingerprint density at radius 3 is 2.62 bits per heavy atom. The maximum absolute atomic E-state index is 12.0. The van der Waals surface area contributed by atoms with Gasteiger partial charge in [-0.2, -0.15) is 0 Å². The van der Waals surface area contributed by atoms with Gasteiger partial charge in [0.25, 0.3) is 0 Å². The van der Waals surface area contributed by atoms with Gasteiger partial charge in [-0.25, -0.2) is 4.79 Å². The number of morpholine rings is 1. The number of phenols is 1. The topological polar surface area (TPSA) is 59.0 Å². The van der Waals surface area contributed by atoms with E-state index in [1.54, 1.807) is 6.07 Å². The van der Waals surface area contributed by atoms with E-state index in [2.05, 4.69) is 4.90 Å². The third-order valence-electron chi connectivity index (χ3n) is 4.41. The van der Waals surface area contributed by atoms with Gasteiger partial charge in [-0.15, -0.1) is 0 Å². The van der Waals surface area contributed by atoms with Gasteiger partial charge in [0, 0.05) is 25.2 Å². The number of hydrogen-bond donors (Lipinski definition) is 1. The van der Waals surface area contributed by atoms with Crippen LogP contribution in [0.15, 0.2) is 30.3 Å². The lowest BCUT2D eigenvalue weighted by Crippen LogP contribution is -2.44. The summed E-state index contributed by atoms with van der Waals surface area (Å²) in [4.78, 5) is 14.3. The number of benzene rings is 2. The largest absolute Gasteiger partial charge is 0.507 e. The molecule has 0 saturated carbocycles. The first-order valence-corrected chi connectivity index (χ1v) is 8.19. The number of carbonyl (C=O) groups excluding carboxylic acids is 1. The highest BCUT2D eigenvalue weighted by molar-refractivity contribution is 6.00. The number of carbonyl (C=O) groups is 1. The fourth-order valence-electron chi connectivity index (χ4n) is 3.47. The summed E-state index contributed by atoms with van der Waals surface area (Å²) in [5.41, 5.74) is 0.968. The average Bonchev–Trinajstić information content (AvgIpc) is 2.55. The minimum absolute atomic E-state index is 0.00680. The van der Waals surface area contributed by atoms with Crippen LogP contribution in [0.5, 0.6) is 5.75 Å². The zero-order valence-electron chi connectivity index (χ0n) is 14.3. The number of phenolic OH excluding ortho intramolecular Hbond substituents is 1. The molecule has 24 heavy (non-hydrogen) atoms. The molecule has 2 aromatic rings. The number of aromatic hydroxyl groups is 1. The third-order valence-corrected chi connectivity index (χ3v) is 4.41. The van der Waals surface area contributed by atoms with E-state index in [9.17, 15) is 9.90 Å². The second-order valence-electron chi connectivity index (χ2n) is 6.42. The molecule has 2 atom stereocenters. The Balaban J connectivity index is 2.05. The Morgan fingerprint density at radius 1 is 1.29 bits per heavy atom. The summed E-state index contributed by atoms with van der Waals surface area (Å²) in [5, 5.41) is 12.6. The lowest BCUT2D eigenvalue weighted by Gasteiger charge is -2.35. The third kappa shape index (κ3) is 3.23. The highest BCUT2D eigenvalue weighted by Gasteiger charge is 2.25. The number of nitrogens with zero attached hydrogens (tertiary/aromatic N) is 1. The minimum atomic E-state index is -0.525. The number of ether oxygens (including phenoxy) is 2. The molecule has 0 unspecified atom stereocenters. The summed E-state index contributed by atoms with van der Waals surface area (Å²) in [5.74, 6) is -0.518. The van der Waals surface area contributed by atoms with E-state index in [0.717, 1.165) is 29.4 Å². The highest BCUT2D eigenvalue weighted by Crippen LogP contribution is 2.33. The molecule has 1 aliphatic heterocycles. The van der Waals surface area contributed by atoms with E-state index in [1.165, 1.54) is 7.11 Å². The second-order valence-corrected chi connectivity index (χ2v) is 6.42. The highest BCUT2D eigenvalue weighted by atomic mass is 16.5. The number of fused-ring (bicyclic) bond motifs is 1. The van der Waals surface area contributed by atoms with Crippen molar-refractivity contribution in [3.05, 3.63) is 41.5 Å². The molecule has 0 bridgehead atoms. The maximum atomic E-state index is 12.0. The van der Waals surface area contributed by atoms with Crippen LogP contribution in [0.25, 0.3) is 10.8 Å². The molecule has 0 spiro atoms. The zero-order valence-corrected chi connectivity index (χ0v) is 14.3. The molecule has 2 aromatic carbocycles. The van der Waals surface area contributed by atoms with E-state index >= 15 is 0 Å². The first-order chi connectivity index (χ1) is 11.5. The molecule has 1 heterocycles. The zero-order chi connectivity index (χ0) is 17.3. The number of esters is 1. The van der Waals surface area contributed by atoms with Crippen molar-refractivity contribution < 1.29 is 19.4 Å². The van der Waals surface area contributed by atoms with Crippen molar-refractivity contribution in [3.63, 3.8) is 0 Å². The summed E-state index contributed by atoms with van der Waals surface area (Å²) < 4.78 is 10.6. The van der Waals surface area contributed by atoms with Gasteiger partial charge in [0.15, 0.2) is 0 Å². The van der Waals surface area contributed by atoms with Gasteiger partial charge in [0.1, 0.15) is 11.3 Å². The van der Waals surface area contributed by atoms with Crippen LogP contribution in [0.4, 0.5) is 0 Å². The Labute approximate surface area is 141 Å². The molecule has 1 N–H and O–H groups in total. The predicted octanol–water partition coefficient (Wildman–Crippen LogP) is 2.94. The average molecular weight is 329 g/mol. The molecular formula is C19H23NO4. The van der Waals surface area contributed by atoms with Crippen LogP contribution in [-0.2, 0) is 16.0 Å². The first kappa shape index (κ1) is 16.7. The molecule has 0 aromatic heterocycles. The van der Waals surface area contributed by atoms with Crippen molar-refractivity contribution >= 4 is 16.7 Å². The molecule has 128 valence electrons. The molecular weight excluding hydrogens is 306 g/mol. The summed E-state index contributed by atoms with van der Waals surface area (Å²) >= 11 is 0. The lowest BCUT2D eigenvalue weighted by molar-refractivity contribution is -0.0705. The predicted molar refractivity (Wildman–Crippen MR) is 92.2 cm³/mol. The van der Waals surface area contributed by atoms with Gasteiger partial charge in [-0.3, -0.25) is 4.90 Å². The summed E-state index contributed by atoms with van der Waals surface area (Å²) in [6.45, 7) is 6.24. The number of rotatable bonds is 3. The number of hydrogen-bond acceptors (Lipinski definition) is 5. The smallest absolute Gasteiger partial charge is 0.341 e. The van der Waals surface area contributed by atoms with Crippen LogP contribution < -0.4 is 0 Å². The Kier molecular flexibility index (Phi) is 4.73. The van der Waals surface area contributed by atoms with Crippen molar-refractivity contribution in [1.82, 2.24) is 4.90 Å². The Morgan fingerprint density at radius 2 is 1.96 bits per heavy atom. The summed E-state index contributed by atoms with van der Waals surface area (Å²) in [6.07, 6.45) is 0.289. The van der Waals surface area contributed by atoms with Gasteiger partial charge in [0.2, 0.25) is 0 Å². The van der Waals surface area contributed by atoms with Crippen molar-refractivity contribution in [1.29, 1.82) is 0 Å². The van der Waals surface area contributed by atoms with E-state index < -0.39 is 5.97 Å². The van der Waals surface area contributed by atoms with E-state index in [-0.39, 0.29) is 23.5 Å². The van der Waals surface area contributed by atoms with Crippen LogP contribution in [-0.4, -0.2) is 48.4 Å². The van der Waals surface area contributed by atoms with Crippen molar-refractivity contribution in [3.8, 4) is 5.75 Å². The van der Waals surface area contributed by atoms with Crippen molar-refractivity contribution in [2.75, 3.05) is 20.2 Å². The maximum Gasteiger partial charge on any atom is 0.341 e. The molecule has 0 aliphatic carbocycles. The van der Waals surface area contributed by atoms with Gasteiger partial charge < -0.3 is 14.6 Å². The van der Waals surface area contributed by atoms with E-state index in [0.29, 0.717) is 6.54 Å². The van der Waals surface area contributed by atoms with Gasteiger partial charge in [0.05, 0.1) is 19.3 Å². The number of methoxy groups -OCH3 is 1. The molecule has 1 saturated heterocycles. The van der Waals surface area contributed by atoms with Crippen LogP contribution in [0, 0.1) is 0 Å². The Hall–Kier alpha value is -2.11.